The van der Waals surface area contributed by atoms with Crippen molar-refractivity contribution in [2.24, 2.45) is 0 Å². The molecule has 3 rings (SSSR count). The summed E-state index contributed by atoms with van der Waals surface area (Å²) >= 11 is 1.58. The topological polar surface area (TPSA) is 34.9 Å². The molecule has 3 aromatic rings. The summed E-state index contributed by atoms with van der Waals surface area (Å²) in [5, 5.41) is 1.39. The third-order valence-electron chi connectivity index (χ3n) is 3.47. The van der Waals surface area contributed by atoms with Crippen LogP contribution in [0.15, 0.2) is 76.7 Å². The van der Waals surface area contributed by atoms with E-state index in [1.165, 1.54) is 5.56 Å². The van der Waals surface area contributed by atoms with Gasteiger partial charge in [-0.05, 0) is 24.6 Å². The normalized spacial score (nSPS) is 10.8. The van der Waals surface area contributed by atoms with E-state index in [-0.39, 0.29) is 5.56 Å². The number of nitrogens with zero attached hydrogens (tertiary/aromatic N) is 2. The number of rotatable bonds is 5. The molecule has 0 N–H and O–H groups in total. The fraction of sp³-hybridized carbons (Fsp3) is 0.158. The Morgan fingerprint density at radius 3 is 2.57 bits per heavy atom. The van der Waals surface area contributed by atoms with Crippen LogP contribution in [0, 0.1) is 0 Å². The molecular formula is C19H18N2OS. The van der Waals surface area contributed by atoms with E-state index < -0.39 is 0 Å². The first-order chi connectivity index (χ1) is 11.1. The minimum atomic E-state index is -0.00541. The maximum absolute atomic E-state index is 12.8. The molecule has 116 valence electrons. The molecule has 0 fully saturated rings. The van der Waals surface area contributed by atoms with Crippen LogP contribution < -0.4 is 5.56 Å². The lowest BCUT2D eigenvalue weighted by Gasteiger charge is -2.13. The van der Waals surface area contributed by atoms with Crippen LogP contribution in [0.3, 0.4) is 0 Å². The van der Waals surface area contributed by atoms with Crippen molar-refractivity contribution in [2.75, 3.05) is 0 Å². The highest BCUT2D eigenvalue weighted by atomic mass is 32.2. The van der Waals surface area contributed by atoms with Gasteiger partial charge in [-0.15, -0.1) is 0 Å². The monoisotopic (exact) mass is 322 g/mol. The van der Waals surface area contributed by atoms with Crippen molar-refractivity contribution in [3.63, 3.8) is 0 Å². The van der Waals surface area contributed by atoms with Gasteiger partial charge in [0.25, 0.3) is 5.56 Å². The van der Waals surface area contributed by atoms with Crippen molar-refractivity contribution in [1.82, 2.24) is 9.55 Å². The molecule has 0 aliphatic heterocycles. The smallest absolute Gasteiger partial charge is 0.262 e. The zero-order valence-corrected chi connectivity index (χ0v) is 13.8. The quantitative estimate of drug-likeness (QED) is 0.400. The fourth-order valence-corrected chi connectivity index (χ4v) is 3.34. The summed E-state index contributed by atoms with van der Waals surface area (Å²) in [6, 6.07) is 17.7. The van der Waals surface area contributed by atoms with Crippen LogP contribution in [0.1, 0.15) is 12.5 Å². The lowest BCUT2D eigenvalue weighted by atomic mass is 10.2. The summed E-state index contributed by atoms with van der Waals surface area (Å²) in [6.07, 6.45) is 0. The minimum absolute atomic E-state index is 0.00541. The molecule has 2 aromatic carbocycles. The maximum Gasteiger partial charge on any atom is 0.262 e. The summed E-state index contributed by atoms with van der Waals surface area (Å²) in [7, 11) is 0. The van der Waals surface area contributed by atoms with Gasteiger partial charge in [0.05, 0.1) is 10.9 Å². The standard InChI is InChI=1S/C19H18N2OS/c1-14(2)12-21-18(22)16-10-6-7-11-17(16)20-19(21)23-13-15-8-4-3-5-9-15/h3-11H,1,12-13H2,2H3. The fourth-order valence-electron chi connectivity index (χ4n) is 2.39. The average molecular weight is 322 g/mol. The highest BCUT2D eigenvalue weighted by molar-refractivity contribution is 7.98. The number of aromatic nitrogens is 2. The second-order valence-electron chi connectivity index (χ2n) is 5.53. The van der Waals surface area contributed by atoms with E-state index in [9.17, 15) is 4.79 Å². The molecule has 4 heteroatoms. The van der Waals surface area contributed by atoms with Crippen molar-refractivity contribution < 1.29 is 0 Å². The molecule has 0 unspecified atom stereocenters. The van der Waals surface area contributed by atoms with Gasteiger partial charge in [0.1, 0.15) is 0 Å². The van der Waals surface area contributed by atoms with Gasteiger partial charge in [0.2, 0.25) is 0 Å². The molecule has 1 heterocycles. The zero-order chi connectivity index (χ0) is 16.2. The van der Waals surface area contributed by atoms with Gasteiger partial charge in [-0.3, -0.25) is 9.36 Å². The zero-order valence-electron chi connectivity index (χ0n) is 13.0. The summed E-state index contributed by atoms with van der Waals surface area (Å²) in [4.78, 5) is 17.5. The molecular weight excluding hydrogens is 304 g/mol. The van der Waals surface area contributed by atoms with Gasteiger partial charge in [-0.2, -0.15) is 0 Å². The molecule has 0 bridgehead atoms. The first kappa shape index (κ1) is 15.6. The number of allylic oxidation sites excluding steroid dienone is 1. The Kier molecular flexibility index (Phi) is 4.63. The molecule has 0 saturated carbocycles. The van der Waals surface area contributed by atoms with Crippen LogP contribution in [0.4, 0.5) is 0 Å². The van der Waals surface area contributed by atoms with Crippen LogP contribution in [-0.4, -0.2) is 9.55 Å². The summed E-state index contributed by atoms with van der Waals surface area (Å²) in [5.41, 5.74) is 2.88. The molecule has 3 nitrogen and oxygen atoms in total. The van der Waals surface area contributed by atoms with E-state index in [0.717, 1.165) is 22.0 Å². The number of thioether (sulfide) groups is 1. The van der Waals surface area contributed by atoms with E-state index in [1.54, 1.807) is 16.3 Å². The first-order valence-corrected chi connectivity index (χ1v) is 8.44. The van der Waals surface area contributed by atoms with Crippen molar-refractivity contribution in [2.45, 2.75) is 24.4 Å². The SMILES string of the molecule is C=C(C)Cn1c(SCc2ccccc2)nc2ccccc2c1=O. The molecule has 23 heavy (non-hydrogen) atoms. The third-order valence-corrected chi connectivity index (χ3v) is 4.51. The van der Waals surface area contributed by atoms with Crippen molar-refractivity contribution in [3.8, 4) is 0 Å². The molecule has 0 aliphatic rings. The third kappa shape index (κ3) is 3.54. The van der Waals surface area contributed by atoms with Gasteiger partial charge in [0, 0.05) is 12.3 Å². The molecule has 0 radical (unpaired) electrons. The number of hydrogen-bond donors (Lipinski definition) is 0. The van der Waals surface area contributed by atoms with E-state index >= 15 is 0 Å². The van der Waals surface area contributed by atoms with Crippen LogP contribution in [0.5, 0.6) is 0 Å². The highest BCUT2D eigenvalue weighted by Crippen LogP contribution is 2.22. The van der Waals surface area contributed by atoms with Crippen LogP contribution in [0.25, 0.3) is 10.9 Å². The van der Waals surface area contributed by atoms with Crippen molar-refractivity contribution >= 4 is 22.7 Å². The largest absolute Gasteiger partial charge is 0.283 e. The Labute approximate surface area is 139 Å². The maximum atomic E-state index is 12.8. The lowest BCUT2D eigenvalue weighted by Crippen LogP contribution is -2.23. The van der Waals surface area contributed by atoms with Gasteiger partial charge in [-0.1, -0.05) is 66.4 Å². The Bertz CT molecular complexity index is 900. The second-order valence-corrected chi connectivity index (χ2v) is 6.48. The number of benzene rings is 2. The highest BCUT2D eigenvalue weighted by Gasteiger charge is 2.11. The molecule has 0 amide bonds. The average Bonchev–Trinajstić information content (AvgIpc) is 2.56. The molecule has 0 spiro atoms. The lowest BCUT2D eigenvalue weighted by molar-refractivity contribution is 0.651. The summed E-state index contributed by atoms with van der Waals surface area (Å²) < 4.78 is 1.72. The van der Waals surface area contributed by atoms with E-state index in [2.05, 4.69) is 23.7 Å². The Morgan fingerprint density at radius 1 is 1.13 bits per heavy atom. The van der Waals surface area contributed by atoms with E-state index in [1.807, 2.05) is 49.4 Å². The Balaban J connectivity index is 2.03. The molecule has 0 aliphatic carbocycles. The van der Waals surface area contributed by atoms with Gasteiger partial charge >= 0.3 is 0 Å². The first-order valence-electron chi connectivity index (χ1n) is 7.46. The van der Waals surface area contributed by atoms with E-state index in [0.29, 0.717) is 11.9 Å². The molecule has 0 atom stereocenters. The predicted octanol–water partition coefficient (Wildman–Crippen LogP) is 4.26. The Morgan fingerprint density at radius 2 is 1.83 bits per heavy atom. The van der Waals surface area contributed by atoms with Crippen LogP contribution in [0.2, 0.25) is 0 Å². The van der Waals surface area contributed by atoms with Crippen LogP contribution in [-0.2, 0) is 12.3 Å². The number of hydrogen-bond acceptors (Lipinski definition) is 3. The van der Waals surface area contributed by atoms with E-state index in [4.69, 9.17) is 0 Å². The number of fused-ring (bicyclic) bond motifs is 1. The van der Waals surface area contributed by atoms with Crippen LogP contribution >= 0.6 is 11.8 Å². The number of para-hydroxylation sites is 1. The molecule has 0 saturated heterocycles. The van der Waals surface area contributed by atoms with Crippen molar-refractivity contribution in [3.05, 3.63) is 82.7 Å². The summed E-state index contributed by atoms with van der Waals surface area (Å²) in [6.45, 7) is 6.35. The van der Waals surface area contributed by atoms with Gasteiger partial charge < -0.3 is 0 Å². The second kappa shape index (κ2) is 6.84. The molecule has 1 aromatic heterocycles. The predicted molar refractivity (Wildman–Crippen MR) is 96.8 cm³/mol. The minimum Gasteiger partial charge on any atom is -0.283 e. The Hall–Kier alpha value is -2.33. The summed E-state index contributed by atoms with van der Waals surface area (Å²) in [5.74, 6) is 0.780. The van der Waals surface area contributed by atoms with Gasteiger partial charge in [-0.25, -0.2) is 4.98 Å². The van der Waals surface area contributed by atoms with Crippen molar-refractivity contribution in [1.29, 1.82) is 0 Å². The van der Waals surface area contributed by atoms with Gasteiger partial charge in [0.15, 0.2) is 5.16 Å².